The Hall–Kier alpha value is -3.21. The van der Waals surface area contributed by atoms with Gasteiger partial charge < -0.3 is 19.0 Å². The van der Waals surface area contributed by atoms with Gasteiger partial charge in [-0.3, -0.25) is 4.79 Å². The minimum Gasteiger partial charge on any atom is -0.507 e. The molecule has 1 aliphatic rings. The van der Waals surface area contributed by atoms with Crippen LogP contribution in [0.4, 0.5) is 0 Å². The van der Waals surface area contributed by atoms with Gasteiger partial charge in [0.2, 0.25) is 5.43 Å². The maximum atomic E-state index is 13.0. The highest BCUT2D eigenvalue weighted by atomic mass is 16.5. The SMILES string of the molecule is COc1ccc(-c2coc3c4c(cc(O)c3c2=O)C=CC(C)(C)O4)cc1. The summed E-state index contributed by atoms with van der Waals surface area (Å²) in [6.45, 7) is 3.82. The second kappa shape index (κ2) is 5.66. The maximum absolute atomic E-state index is 13.0. The molecule has 2 heterocycles. The van der Waals surface area contributed by atoms with Crippen molar-refractivity contribution in [2.45, 2.75) is 19.4 Å². The molecule has 0 bridgehead atoms. The monoisotopic (exact) mass is 350 g/mol. The molecule has 0 unspecified atom stereocenters. The van der Waals surface area contributed by atoms with Gasteiger partial charge in [-0.15, -0.1) is 0 Å². The number of phenolic OH excluding ortho intramolecular Hbond substituents is 1. The van der Waals surface area contributed by atoms with Crippen molar-refractivity contribution in [3.8, 4) is 28.4 Å². The van der Waals surface area contributed by atoms with Crippen molar-refractivity contribution in [2.75, 3.05) is 7.11 Å². The summed E-state index contributed by atoms with van der Waals surface area (Å²) in [6, 6.07) is 8.60. The zero-order valence-corrected chi connectivity index (χ0v) is 14.7. The lowest BCUT2D eigenvalue weighted by atomic mass is 9.99. The number of hydrogen-bond donors (Lipinski definition) is 1. The van der Waals surface area contributed by atoms with Crippen LogP contribution in [0.1, 0.15) is 19.4 Å². The van der Waals surface area contributed by atoms with Crippen molar-refractivity contribution in [3.05, 3.63) is 58.5 Å². The van der Waals surface area contributed by atoms with Crippen molar-refractivity contribution >= 4 is 17.0 Å². The minimum atomic E-state index is -0.524. The summed E-state index contributed by atoms with van der Waals surface area (Å²) in [6.07, 6.45) is 5.15. The molecular formula is C21H18O5. The summed E-state index contributed by atoms with van der Waals surface area (Å²) in [5.74, 6) is 1.03. The van der Waals surface area contributed by atoms with E-state index >= 15 is 0 Å². The molecule has 4 rings (SSSR count). The van der Waals surface area contributed by atoms with Crippen LogP contribution in [0, 0.1) is 0 Å². The number of benzene rings is 2. The molecule has 132 valence electrons. The van der Waals surface area contributed by atoms with Crippen LogP contribution in [0.2, 0.25) is 0 Å². The van der Waals surface area contributed by atoms with E-state index in [1.54, 1.807) is 31.4 Å². The smallest absolute Gasteiger partial charge is 0.204 e. The normalized spacial score (nSPS) is 14.7. The second-order valence-electron chi connectivity index (χ2n) is 6.76. The molecule has 0 fully saturated rings. The number of rotatable bonds is 2. The Bertz CT molecular complexity index is 1090. The summed E-state index contributed by atoms with van der Waals surface area (Å²) < 4.78 is 16.9. The fourth-order valence-electron chi connectivity index (χ4n) is 3.07. The number of phenols is 1. The highest BCUT2D eigenvalue weighted by molar-refractivity contribution is 5.94. The average molecular weight is 350 g/mol. The van der Waals surface area contributed by atoms with E-state index in [-0.39, 0.29) is 22.1 Å². The Morgan fingerprint density at radius 3 is 2.58 bits per heavy atom. The number of aromatic hydroxyl groups is 1. The Morgan fingerprint density at radius 1 is 1.15 bits per heavy atom. The zero-order valence-electron chi connectivity index (χ0n) is 14.7. The van der Waals surface area contributed by atoms with Gasteiger partial charge in [-0.2, -0.15) is 0 Å². The van der Waals surface area contributed by atoms with Crippen molar-refractivity contribution in [1.82, 2.24) is 0 Å². The van der Waals surface area contributed by atoms with Crippen molar-refractivity contribution in [2.24, 2.45) is 0 Å². The van der Waals surface area contributed by atoms with Crippen molar-refractivity contribution < 1.29 is 19.0 Å². The average Bonchev–Trinajstić information content (AvgIpc) is 2.62. The predicted octanol–water partition coefficient (Wildman–Crippen LogP) is 4.36. The molecule has 2 aromatic carbocycles. The molecule has 0 atom stereocenters. The lowest BCUT2D eigenvalue weighted by Crippen LogP contribution is -2.27. The van der Waals surface area contributed by atoms with E-state index in [1.807, 2.05) is 26.0 Å². The Balaban J connectivity index is 1.95. The van der Waals surface area contributed by atoms with Gasteiger partial charge in [0.15, 0.2) is 11.3 Å². The van der Waals surface area contributed by atoms with E-state index in [1.165, 1.54) is 12.3 Å². The van der Waals surface area contributed by atoms with Gasteiger partial charge in [0, 0.05) is 5.56 Å². The van der Waals surface area contributed by atoms with Gasteiger partial charge in [-0.25, -0.2) is 0 Å². The third-order valence-electron chi connectivity index (χ3n) is 4.44. The predicted molar refractivity (Wildman–Crippen MR) is 99.9 cm³/mol. The fourth-order valence-corrected chi connectivity index (χ4v) is 3.07. The van der Waals surface area contributed by atoms with Crippen molar-refractivity contribution in [1.29, 1.82) is 0 Å². The van der Waals surface area contributed by atoms with Crippen LogP contribution >= 0.6 is 0 Å². The third-order valence-corrected chi connectivity index (χ3v) is 4.44. The summed E-state index contributed by atoms with van der Waals surface area (Å²) in [7, 11) is 1.58. The summed E-state index contributed by atoms with van der Waals surface area (Å²) in [4.78, 5) is 13.0. The van der Waals surface area contributed by atoms with Crippen LogP contribution in [0.5, 0.6) is 17.2 Å². The van der Waals surface area contributed by atoms with Crippen molar-refractivity contribution in [3.63, 3.8) is 0 Å². The standard InChI is InChI=1S/C21H18O5/c1-21(2)9-8-13-10-16(22)17-18(23)15(11-25-20(17)19(13)26-21)12-4-6-14(24-3)7-5-12/h4-11,22H,1-3H3. The molecule has 5 heteroatoms. The first-order chi connectivity index (χ1) is 12.4. The third kappa shape index (κ3) is 2.52. The largest absolute Gasteiger partial charge is 0.507 e. The van der Waals surface area contributed by atoms with E-state index in [0.29, 0.717) is 28.2 Å². The lowest BCUT2D eigenvalue weighted by Gasteiger charge is -2.28. The lowest BCUT2D eigenvalue weighted by molar-refractivity contribution is 0.159. The highest BCUT2D eigenvalue weighted by Gasteiger charge is 2.27. The Kier molecular flexibility index (Phi) is 3.54. The quantitative estimate of drug-likeness (QED) is 0.744. The molecule has 26 heavy (non-hydrogen) atoms. The maximum Gasteiger partial charge on any atom is 0.204 e. The van der Waals surface area contributed by atoms with Gasteiger partial charge in [-0.05, 0) is 43.7 Å². The number of ether oxygens (including phenoxy) is 2. The molecular weight excluding hydrogens is 332 g/mol. The van der Waals surface area contributed by atoms with Gasteiger partial charge in [-0.1, -0.05) is 18.2 Å². The van der Waals surface area contributed by atoms with E-state index in [2.05, 4.69) is 0 Å². The molecule has 0 amide bonds. The Morgan fingerprint density at radius 2 is 1.88 bits per heavy atom. The van der Waals surface area contributed by atoms with E-state index < -0.39 is 5.60 Å². The van der Waals surface area contributed by atoms with Crippen LogP contribution in [-0.4, -0.2) is 17.8 Å². The zero-order chi connectivity index (χ0) is 18.5. The first kappa shape index (κ1) is 16.3. The highest BCUT2D eigenvalue weighted by Crippen LogP contribution is 2.41. The van der Waals surface area contributed by atoms with E-state index in [0.717, 1.165) is 0 Å². The molecule has 1 aromatic heterocycles. The molecule has 0 saturated heterocycles. The first-order valence-electron chi connectivity index (χ1n) is 8.24. The molecule has 0 radical (unpaired) electrons. The molecule has 0 saturated carbocycles. The molecule has 0 spiro atoms. The molecule has 1 aliphatic heterocycles. The van der Waals surface area contributed by atoms with Crippen LogP contribution in [0.25, 0.3) is 28.2 Å². The van der Waals surface area contributed by atoms with Gasteiger partial charge in [0.1, 0.15) is 28.7 Å². The van der Waals surface area contributed by atoms with Gasteiger partial charge in [0.05, 0.1) is 12.7 Å². The second-order valence-corrected chi connectivity index (χ2v) is 6.76. The summed E-state index contributed by atoms with van der Waals surface area (Å²) in [5, 5.41) is 10.5. The minimum absolute atomic E-state index is 0.114. The fraction of sp³-hybridized carbons (Fsp3) is 0.190. The summed E-state index contributed by atoms with van der Waals surface area (Å²) in [5.41, 5.74) is 1.13. The van der Waals surface area contributed by atoms with E-state index in [4.69, 9.17) is 13.9 Å². The van der Waals surface area contributed by atoms with Gasteiger partial charge >= 0.3 is 0 Å². The first-order valence-corrected chi connectivity index (χ1v) is 8.24. The van der Waals surface area contributed by atoms with Crippen LogP contribution in [0.3, 0.4) is 0 Å². The molecule has 3 aromatic rings. The van der Waals surface area contributed by atoms with Crippen LogP contribution < -0.4 is 14.9 Å². The summed E-state index contributed by atoms with van der Waals surface area (Å²) >= 11 is 0. The molecule has 1 N–H and O–H groups in total. The Labute approximate surface area is 150 Å². The van der Waals surface area contributed by atoms with E-state index in [9.17, 15) is 9.90 Å². The van der Waals surface area contributed by atoms with Gasteiger partial charge in [0.25, 0.3) is 0 Å². The van der Waals surface area contributed by atoms with Crippen LogP contribution in [-0.2, 0) is 0 Å². The number of methoxy groups -OCH3 is 1. The number of fused-ring (bicyclic) bond motifs is 3. The molecule has 0 aliphatic carbocycles. The van der Waals surface area contributed by atoms with Crippen LogP contribution in [0.15, 0.2) is 51.9 Å². The number of hydrogen-bond acceptors (Lipinski definition) is 5. The molecule has 5 nitrogen and oxygen atoms in total. The topological polar surface area (TPSA) is 68.9 Å².